The third-order valence-corrected chi connectivity index (χ3v) is 5.05. The molecule has 0 radical (unpaired) electrons. The summed E-state index contributed by atoms with van der Waals surface area (Å²) in [6, 6.07) is 17.2. The smallest absolute Gasteiger partial charge is 0.137 e. The summed E-state index contributed by atoms with van der Waals surface area (Å²) >= 11 is 0. The van der Waals surface area contributed by atoms with Crippen molar-refractivity contribution in [3.63, 3.8) is 0 Å². The van der Waals surface area contributed by atoms with Crippen LogP contribution in [0.25, 0.3) is 0 Å². The van der Waals surface area contributed by atoms with Gasteiger partial charge in [-0.3, -0.25) is 9.89 Å². The molecule has 2 aromatic carbocycles. The molecule has 26 heavy (non-hydrogen) atoms. The molecule has 2 aliphatic heterocycles. The highest BCUT2D eigenvalue weighted by Crippen LogP contribution is 2.25. The van der Waals surface area contributed by atoms with E-state index < -0.39 is 0 Å². The molecule has 0 unspecified atom stereocenters. The Labute approximate surface area is 156 Å². The molecule has 0 bridgehead atoms. The molecule has 0 amide bonds. The van der Waals surface area contributed by atoms with Crippen LogP contribution >= 0.6 is 0 Å². The maximum Gasteiger partial charge on any atom is 0.137 e. The van der Waals surface area contributed by atoms with Gasteiger partial charge in [0.05, 0.1) is 19.4 Å². The zero-order chi connectivity index (χ0) is 17.9. The Balaban J connectivity index is 1.65. The van der Waals surface area contributed by atoms with E-state index in [1.54, 1.807) is 0 Å². The molecule has 2 heterocycles. The number of aryl methyl sites for hydroxylation is 2. The Kier molecular flexibility index (Phi) is 5.05. The molecule has 0 aliphatic carbocycles. The first-order valence-electron chi connectivity index (χ1n) is 9.49. The van der Waals surface area contributed by atoms with Gasteiger partial charge in [-0.2, -0.15) is 0 Å². The maximum atomic E-state index is 5.84. The largest absolute Gasteiger partial charge is 0.377 e. The van der Waals surface area contributed by atoms with Crippen LogP contribution in [0.4, 0.5) is 5.69 Å². The van der Waals surface area contributed by atoms with Crippen LogP contribution in [0.3, 0.4) is 0 Å². The van der Waals surface area contributed by atoms with Gasteiger partial charge in [-0.25, -0.2) is 0 Å². The fraction of sp³-hybridized carbons (Fsp3) is 0.409. The monoisotopic (exact) mass is 349 g/mol. The van der Waals surface area contributed by atoms with Crippen LogP contribution in [0.5, 0.6) is 0 Å². The minimum Gasteiger partial charge on any atom is -0.377 e. The number of amidine groups is 1. The summed E-state index contributed by atoms with van der Waals surface area (Å²) in [5.74, 6) is 1.05. The predicted molar refractivity (Wildman–Crippen MR) is 107 cm³/mol. The molecule has 136 valence electrons. The lowest BCUT2D eigenvalue weighted by Crippen LogP contribution is -2.49. The van der Waals surface area contributed by atoms with Gasteiger partial charge in [-0.15, -0.1) is 0 Å². The Morgan fingerprint density at radius 3 is 2.54 bits per heavy atom. The molecule has 0 spiro atoms. The molecule has 1 saturated heterocycles. The molecule has 4 nitrogen and oxygen atoms in total. The first-order chi connectivity index (χ1) is 12.7. The standard InChI is InChI=1S/C22H27N3O/c1-17-11-18(2)13-20(12-17)25-16-24(14-21-9-6-10-26-21)15-23-22(25)19-7-4-3-5-8-19/h3-5,7-8,11-13,21H,6,9-10,14-16H2,1-2H3/t21-/m0/s1. The van der Waals surface area contributed by atoms with Crippen LogP contribution in [0.1, 0.15) is 29.5 Å². The van der Waals surface area contributed by atoms with E-state index in [4.69, 9.17) is 9.73 Å². The van der Waals surface area contributed by atoms with Crippen molar-refractivity contribution >= 4 is 11.5 Å². The van der Waals surface area contributed by atoms with E-state index in [9.17, 15) is 0 Å². The Morgan fingerprint density at radius 2 is 1.85 bits per heavy atom. The maximum absolute atomic E-state index is 5.84. The number of anilines is 1. The van der Waals surface area contributed by atoms with E-state index in [1.165, 1.54) is 28.8 Å². The highest BCUT2D eigenvalue weighted by atomic mass is 16.5. The summed E-state index contributed by atoms with van der Waals surface area (Å²) in [5.41, 5.74) is 4.94. The van der Waals surface area contributed by atoms with Gasteiger partial charge in [0, 0.05) is 24.4 Å². The van der Waals surface area contributed by atoms with E-state index in [2.05, 4.69) is 72.2 Å². The predicted octanol–water partition coefficient (Wildman–Crippen LogP) is 3.97. The Hall–Kier alpha value is -2.17. The van der Waals surface area contributed by atoms with Crippen molar-refractivity contribution in [1.82, 2.24) is 4.90 Å². The van der Waals surface area contributed by atoms with Gasteiger partial charge in [0.25, 0.3) is 0 Å². The SMILES string of the molecule is Cc1cc(C)cc(N2CN(C[C@@H]3CCCO3)CN=C2c2ccccc2)c1. The first-order valence-corrected chi connectivity index (χ1v) is 9.49. The Morgan fingerprint density at radius 1 is 1.08 bits per heavy atom. The third kappa shape index (κ3) is 3.81. The summed E-state index contributed by atoms with van der Waals surface area (Å²) in [6.45, 7) is 7.74. The van der Waals surface area contributed by atoms with Crippen LogP contribution in [-0.2, 0) is 4.74 Å². The van der Waals surface area contributed by atoms with Gasteiger partial charge in [-0.1, -0.05) is 36.4 Å². The average molecular weight is 349 g/mol. The summed E-state index contributed by atoms with van der Waals surface area (Å²) in [4.78, 5) is 9.68. The minimum atomic E-state index is 0.351. The number of aliphatic imine (C=N–C) groups is 1. The molecular formula is C22H27N3O. The molecule has 0 saturated carbocycles. The highest BCUT2D eigenvalue weighted by Gasteiger charge is 2.26. The molecule has 2 aromatic rings. The molecule has 0 N–H and O–H groups in total. The quantitative estimate of drug-likeness (QED) is 0.836. The highest BCUT2D eigenvalue weighted by molar-refractivity contribution is 6.10. The van der Waals surface area contributed by atoms with Crippen LogP contribution < -0.4 is 4.90 Å². The zero-order valence-electron chi connectivity index (χ0n) is 15.7. The first kappa shape index (κ1) is 17.3. The molecule has 1 fully saturated rings. The number of benzene rings is 2. The number of hydrogen-bond acceptors (Lipinski definition) is 4. The fourth-order valence-corrected chi connectivity index (χ4v) is 3.90. The van der Waals surface area contributed by atoms with E-state index in [0.717, 1.165) is 38.7 Å². The molecule has 1 atom stereocenters. The van der Waals surface area contributed by atoms with Crippen molar-refractivity contribution in [2.45, 2.75) is 32.8 Å². The van der Waals surface area contributed by atoms with Crippen LogP contribution in [0.2, 0.25) is 0 Å². The third-order valence-electron chi connectivity index (χ3n) is 5.05. The molecule has 2 aliphatic rings. The van der Waals surface area contributed by atoms with Crippen molar-refractivity contribution in [1.29, 1.82) is 0 Å². The van der Waals surface area contributed by atoms with Crippen molar-refractivity contribution in [2.75, 3.05) is 31.4 Å². The van der Waals surface area contributed by atoms with E-state index in [0.29, 0.717) is 6.10 Å². The van der Waals surface area contributed by atoms with E-state index in [-0.39, 0.29) is 0 Å². The van der Waals surface area contributed by atoms with Crippen molar-refractivity contribution in [3.8, 4) is 0 Å². The minimum absolute atomic E-state index is 0.351. The number of rotatable bonds is 4. The van der Waals surface area contributed by atoms with Gasteiger partial charge in [0.15, 0.2) is 0 Å². The topological polar surface area (TPSA) is 28.1 Å². The second-order valence-electron chi connectivity index (χ2n) is 7.39. The summed E-state index contributed by atoms with van der Waals surface area (Å²) in [5, 5.41) is 0. The normalized spacial score (nSPS) is 21.1. The molecular weight excluding hydrogens is 322 g/mol. The lowest BCUT2D eigenvalue weighted by atomic mass is 10.1. The van der Waals surface area contributed by atoms with Crippen LogP contribution in [0.15, 0.2) is 53.5 Å². The second kappa shape index (κ2) is 7.60. The van der Waals surface area contributed by atoms with Crippen molar-refractivity contribution in [2.24, 2.45) is 4.99 Å². The summed E-state index contributed by atoms with van der Waals surface area (Å²) in [7, 11) is 0. The van der Waals surface area contributed by atoms with Gasteiger partial charge in [0.1, 0.15) is 5.84 Å². The van der Waals surface area contributed by atoms with Gasteiger partial charge in [0.2, 0.25) is 0 Å². The molecule has 0 aromatic heterocycles. The summed E-state index contributed by atoms with van der Waals surface area (Å²) in [6.07, 6.45) is 2.69. The van der Waals surface area contributed by atoms with Crippen molar-refractivity contribution in [3.05, 3.63) is 65.2 Å². The number of ether oxygens (including phenoxy) is 1. The van der Waals surface area contributed by atoms with Crippen LogP contribution in [-0.4, -0.2) is 43.3 Å². The zero-order valence-corrected chi connectivity index (χ0v) is 15.7. The van der Waals surface area contributed by atoms with E-state index >= 15 is 0 Å². The number of nitrogens with zero attached hydrogens (tertiary/aromatic N) is 3. The molecule has 4 rings (SSSR count). The Bertz CT molecular complexity index is 761. The van der Waals surface area contributed by atoms with Gasteiger partial charge >= 0.3 is 0 Å². The van der Waals surface area contributed by atoms with Gasteiger partial charge in [-0.05, 0) is 49.9 Å². The van der Waals surface area contributed by atoms with Crippen molar-refractivity contribution < 1.29 is 4.74 Å². The summed E-state index contributed by atoms with van der Waals surface area (Å²) < 4.78 is 5.84. The van der Waals surface area contributed by atoms with E-state index in [1.807, 2.05) is 0 Å². The second-order valence-corrected chi connectivity index (χ2v) is 7.39. The average Bonchev–Trinajstić information content (AvgIpc) is 3.15. The van der Waals surface area contributed by atoms with Gasteiger partial charge < -0.3 is 9.64 Å². The number of hydrogen-bond donors (Lipinski definition) is 0. The lowest BCUT2D eigenvalue weighted by Gasteiger charge is -2.37. The fourth-order valence-electron chi connectivity index (χ4n) is 3.90. The lowest BCUT2D eigenvalue weighted by molar-refractivity contribution is 0.0739. The molecule has 4 heteroatoms. The van der Waals surface area contributed by atoms with Crippen LogP contribution in [0, 0.1) is 13.8 Å².